The Balaban J connectivity index is 2.76. The van der Waals surface area contributed by atoms with Crippen LogP contribution in [0.2, 0.25) is 0 Å². The molecule has 0 bridgehead atoms. The second-order valence-electron chi connectivity index (χ2n) is 1.17. The predicted molar refractivity (Wildman–Crippen MR) is 28.1 cm³/mol. The molecule has 1 fully saturated rings. The van der Waals surface area contributed by atoms with Crippen molar-refractivity contribution in [2.45, 2.75) is 0 Å². The predicted octanol–water partition coefficient (Wildman–Crippen LogP) is -0.0601. The van der Waals surface area contributed by atoms with Gasteiger partial charge in [-0.1, -0.05) is 0 Å². The van der Waals surface area contributed by atoms with Gasteiger partial charge in [0.25, 0.3) is 9.74 Å². The average molecular weight is 140 g/mol. The Morgan fingerprint density at radius 3 is 2.43 bits per heavy atom. The molecule has 0 aromatic carbocycles. The van der Waals surface area contributed by atoms with Gasteiger partial charge in [0.2, 0.25) is 0 Å². The Morgan fingerprint density at radius 1 is 1.57 bits per heavy atom. The number of hydrogen-bond acceptors (Lipinski definition) is 3. The summed E-state index contributed by atoms with van der Waals surface area (Å²) < 4.78 is 24.8. The van der Waals surface area contributed by atoms with Crippen molar-refractivity contribution in [1.82, 2.24) is 0 Å². The average Bonchev–Trinajstić information content (AvgIpc) is 1.84. The van der Waals surface area contributed by atoms with Crippen LogP contribution < -0.4 is 0 Å². The number of rotatable bonds is 0. The lowest BCUT2D eigenvalue weighted by molar-refractivity contribution is 0.362. The van der Waals surface area contributed by atoms with E-state index in [4.69, 9.17) is 0 Å². The van der Waals surface area contributed by atoms with Gasteiger partial charge in [0.15, 0.2) is 0 Å². The summed E-state index contributed by atoms with van der Waals surface area (Å²) in [7, 11) is -3.03. The Bertz CT molecular complexity index is 136. The first-order chi connectivity index (χ1) is 3.21. The lowest BCUT2D eigenvalue weighted by Gasteiger charge is -1.83. The molecule has 7 heavy (non-hydrogen) atoms. The maximum Gasteiger partial charge on any atom is 0.280 e. The molecule has 0 radical (unpaired) electrons. The summed E-state index contributed by atoms with van der Waals surface area (Å²) in [6, 6.07) is 0. The normalized spacial score (nSPS) is 31.4. The summed E-state index contributed by atoms with van der Waals surface area (Å²) in [5.41, 5.74) is 0. The van der Waals surface area contributed by atoms with Crippen LogP contribution in [-0.4, -0.2) is 21.2 Å². The Hall–Kier alpha value is 0.340. The van der Waals surface area contributed by atoms with Crippen LogP contribution in [0.1, 0.15) is 0 Å². The highest BCUT2D eigenvalue weighted by Gasteiger charge is 2.16. The van der Waals surface area contributed by atoms with Crippen LogP contribution >= 0.6 is 7.78 Å². The highest BCUT2D eigenvalue weighted by Crippen LogP contribution is 2.27. The molecule has 3 nitrogen and oxygen atoms in total. The fourth-order valence-electron chi connectivity index (χ4n) is 0.360. The van der Waals surface area contributed by atoms with Gasteiger partial charge < -0.3 is 0 Å². The summed E-state index contributed by atoms with van der Waals surface area (Å²) in [5.74, 6) is 0. The molecule has 0 aromatic heterocycles. The molecule has 1 rings (SSSR count). The van der Waals surface area contributed by atoms with Crippen molar-refractivity contribution in [3.05, 3.63) is 0 Å². The summed E-state index contributed by atoms with van der Waals surface area (Å²) in [4.78, 5) is 0. The van der Waals surface area contributed by atoms with E-state index >= 15 is 0 Å². The van der Waals surface area contributed by atoms with E-state index in [0.717, 1.165) is 0 Å². The molecule has 1 unspecified atom stereocenters. The van der Waals surface area contributed by atoms with E-state index in [1.807, 2.05) is 0 Å². The first kappa shape index (κ1) is 5.48. The third-order valence-corrected chi connectivity index (χ3v) is 3.88. The van der Waals surface area contributed by atoms with E-state index in [-0.39, 0.29) is 7.78 Å². The van der Waals surface area contributed by atoms with Crippen molar-refractivity contribution in [2.75, 3.05) is 12.8 Å². The van der Waals surface area contributed by atoms with Crippen LogP contribution in [0.3, 0.4) is 0 Å². The van der Waals surface area contributed by atoms with Crippen molar-refractivity contribution in [2.24, 2.45) is 0 Å². The molecule has 1 aliphatic heterocycles. The third-order valence-electron chi connectivity index (χ3n) is 0.619. The van der Waals surface area contributed by atoms with Gasteiger partial charge in [0.1, 0.15) is 0 Å². The monoisotopic (exact) mass is 140 g/mol. The van der Waals surface area contributed by atoms with Crippen LogP contribution in [0.4, 0.5) is 0 Å². The molecule has 0 spiro atoms. The zero-order chi connectivity index (χ0) is 5.33. The first-order valence-electron chi connectivity index (χ1n) is 1.85. The molecule has 42 valence electrons. The zero-order valence-corrected chi connectivity index (χ0v) is 5.36. The quantitative estimate of drug-likeness (QED) is 0.443. The smallest absolute Gasteiger partial charge is 0.267 e. The molecule has 1 aliphatic rings. The van der Waals surface area contributed by atoms with E-state index in [1.165, 1.54) is 0 Å². The highest BCUT2D eigenvalue weighted by atomic mass is 32.8. The van der Waals surface area contributed by atoms with Crippen LogP contribution in [0.25, 0.3) is 0 Å². The molecular weight excluding hydrogens is 135 g/mol. The molecule has 0 saturated carbocycles. The minimum absolute atomic E-state index is 0.0147. The standard InChI is InChI=1S/C2H5O3PS/c3-7(4)5-1-2-6-7/h6H,1-2H2. The molecule has 0 aliphatic carbocycles. The first-order valence-corrected chi connectivity index (χ1v) is 5.19. The fourth-order valence-corrected chi connectivity index (χ4v) is 2.83. The topological polar surface area (TPSA) is 43.4 Å². The molecule has 5 heteroatoms. The second-order valence-corrected chi connectivity index (χ2v) is 5.47. The minimum atomic E-state index is -3.02. The molecule has 0 aromatic rings. The Morgan fingerprint density at radius 2 is 2.29 bits per heavy atom. The van der Waals surface area contributed by atoms with Gasteiger partial charge in [-0.2, -0.15) is 8.42 Å². The van der Waals surface area contributed by atoms with Crippen LogP contribution in [0.15, 0.2) is 0 Å². The summed E-state index contributed by atoms with van der Waals surface area (Å²) in [5, 5.41) is 0. The van der Waals surface area contributed by atoms with Crippen molar-refractivity contribution in [3.8, 4) is 0 Å². The van der Waals surface area contributed by atoms with E-state index < -0.39 is 9.74 Å². The van der Waals surface area contributed by atoms with Crippen molar-refractivity contribution >= 4 is 17.5 Å². The zero-order valence-electron chi connectivity index (χ0n) is 3.55. The molecule has 0 amide bonds. The molecule has 1 saturated heterocycles. The lowest BCUT2D eigenvalue weighted by Crippen LogP contribution is -1.88. The second kappa shape index (κ2) is 1.69. The van der Waals surface area contributed by atoms with Crippen LogP contribution in [0, 0.1) is 0 Å². The summed E-state index contributed by atoms with van der Waals surface area (Å²) >= 11 is 0. The highest BCUT2D eigenvalue weighted by molar-refractivity contribution is 8.41. The Labute approximate surface area is 43.7 Å². The number of hydrogen-bond donors (Lipinski definition) is 0. The fraction of sp³-hybridized carbons (Fsp3) is 1.00. The third kappa shape index (κ3) is 1.37. The molecular formula is C2H5O3PS. The maximum atomic E-state index is 10.2. The van der Waals surface area contributed by atoms with E-state index in [0.29, 0.717) is 12.8 Å². The van der Waals surface area contributed by atoms with E-state index in [2.05, 4.69) is 4.18 Å². The van der Waals surface area contributed by atoms with Crippen LogP contribution in [-0.2, 0) is 13.9 Å². The molecule has 0 N–H and O–H groups in total. The summed E-state index contributed by atoms with van der Waals surface area (Å²) in [6.07, 6.45) is 0.683. The van der Waals surface area contributed by atoms with Crippen molar-refractivity contribution in [1.29, 1.82) is 0 Å². The van der Waals surface area contributed by atoms with Gasteiger partial charge in [0, 0.05) is 13.9 Å². The van der Waals surface area contributed by atoms with Gasteiger partial charge in [-0.3, -0.25) is 4.18 Å². The van der Waals surface area contributed by atoms with E-state index in [1.54, 1.807) is 0 Å². The minimum Gasteiger partial charge on any atom is -0.267 e. The van der Waals surface area contributed by atoms with Gasteiger partial charge >= 0.3 is 0 Å². The van der Waals surface area contributed by atoms with Crippen molar-refractivity contribution < 1.29 is 12.6 Å². The SMILES string of the molecule is O=S1(=O)OCCP1. The Kier molecular flexibility index (Phi) is 1.32. The maximum absolute atomic E-state index is 10.2. The van der Waals surface area contributed by atoms with Gasteiger partial charge in [-0.15, -0.1) is 0 Å². The van der Waals surface area contributed by atoms with Gasteiger partial charge in [0.05, 0.1) is 6.61 Å². The molecule has 1 heterocycles. The van der Waals surface area contributed by atoms with E-state index in [9.17, 15) is 8.42 Å². The molecule has 1 atom stereocenters. The largest absolute Gasteiger partial charge is 0.280 e. The summed E-state index contributed by atoms with van der Waals surface area (Å²) in [6.45, 7) is 0.390. The van der Waals surface area contributed by atoms with Crippen LogP contribution in [0.5, 0.6) is 0 Å². The lowest BCUT2D eigenvalue weighted by atomic mass is 10.9. The van der Waals surface area contributed by atoms with Gasteiger partial charge in [-0.25, -0.2) is 0 Å². The van der Waals surface area contributed by atoms with Crippen molar-refractivity contribution in [3.63, 3.8) is 0 Å². The van der Waals surface area contributed by atoms with Gasteiger partial charge in [-0.05, 0) is 0 Å².